The highest BCUT2D eigenvalue weighted by atomic mass is 79.9. The summed E-state index contributed by atoms with van der Waals surface area (Å²) in [5.41, 5.74) is 2.99. The van der Waals surface area contributed by atoms with Gasteiger partial charge in [-0.15, -0.1) is 0 Å². The minimum Gasteiger partial charge on any atom is -0.334 e. The molecule has 0 atom stereocenters. The fourth-order valence-corrected chi connectivity index (χ4v) is 2.88. The van der Waals surface area contributed by atoms with Gasteiger partial charge >= 0.3 is 0 Å². The zero-order valence-electron chi connectivity index (χ0n) is 10.2. The molecule has 0 amide bonds. The summed E-state index contributed by atoms with van der Waals surface area (Å²) < 4.78 is 3.05. The van der Waals surface area contributed by atoms with Crippen molar-refractivity contribution in [2.45, 2.75) is 6.92 Å². The van der Waals surface area contributed by atoms with Gasteiger partial charge in [-0.2, -0.15) is 0 Å². The fraction of sp³-hybridized carbons (Fsp3) is 0.143. The molecule has 0 fully saturated rings. The minimum atomic E-state index is 0.773. The molecule has 0 spiro atoms. The Hall–Kier alpha value is -1.68. The fourth-order valence-electron chi connectivity index (χ4n) is 2.10. The average molecular weight is 302 g/mol. The first-order valence-electron chi connectivity index (χ1n) is 5.71. The third-order valence-corrected chi connectivity index (χ3v) is 3.58. The number of fused-ring (bicyclic) bond motifs is 1. The van der Waals surface area contributed by atoms with E-state index < -0.39 is 0 Å². The zero-order valence-corrected chi connectivity index (χ0v) is 11.8. The van der Waals surface area contributed by atoms with Crippen LogP contribution in [0.15, 0.2) is 41.0 Å². The van der Waals surface area contributed by atoms with Crippen LogP contribution in [0.2, 0.25) is 0 Å². The van der Waals surface area contributed by atoms with Crippen molar-refractivity contribution in [1.82, 2.24) is 14.5 Å². The van der Waals surface area contributed by atoms with Crippen LogP contribution in [0.1, 0.15) is 5.69 Å². The third-order valence-electron chi connectivity index (χ3n) is 2.98. The summed E-state index contributed by atoms with van der Waals surface area (Å²) >= 11 is 3.55. The van der Waals surface area contributed by atoms with E-state index in [-0.39, 0.29) is 0 Å². The molecular weight excluding hydrogens is 290 g/mol. The molecule has 90 valence electrons. The monoisotopic (exact) mass is 301 g/mol. The molecule has 0 bridgehead atoms. The van der Waals surface area contributed by atoms with E-state index >= 15 is 0 Å². The van der Waals surface area contributed by atoms with Crippen LogP contribution in [0.4, 0.5) is 0 Å². The second kappa shape index (κ2) is 4.21. The number of nitrogens with zero attached hydrogens (tertiary/aromatic N) is 3. The van der Waals surface area contributed by atoms with Crippen LogP contribution in [0, 0.1) is 6.92 Å². The normalized spacial score (nSPS) is 11.1. The molecule has 4 heteroatoms. The summed E-state index contributed by atoms with van der Waals surface area (Å²) in [6.07, 6.45) is 2.02. The Morgan fingerprint density at radius 1 is 1.11 bits per heavy atom. The zero-order chi connectivity index (χ0) is 12.7. The first kappa shape index (κ1) is 11.4. The molecule has 0 unspecified atom stereocenters. The van der Waals surface area contributed by atoms with Crippen molar-refractivity contribution < 1.29 is 0 Å². The maximum Gasteiger partial charge on any atom is 0.161 e. The molecular formula is C14H12BrN3. The Morgan fingerprint density at radius 3 is 2.56 bits per heavy atom. The number of halogens is 1. The summed E-state index contributed by atoms with van der Waals surface area (Å²) in [6, 6.07) is 10.0. The molecule has 0 aliphatic carbocycles. The Labute approximate surface area is 114 Å². The van der Waals surface area contributed by atoms with Crippen LogP contribution >= 0.6 is 15.9 Å². The van der Waals surface area contributed by atoms with Crippen molar-refractivity contribution in [1.29, 1.82) is 0 Å². The van der Waals surface area contributed by atoms with Crippen molar-refractivity contribution in [3.05, 3.63) is 46.7 Å². The molecule has 2 aromatic heterocycles. The number of hydrogen-bond donors (Lipinski definition) is 0. The molecule has 0 saturated carbocycles. The van der Waals surface area contributed by atoms with E-state index in [9.17, 15) is 0 Å². The largest absolute Gasteiger partial charge is 0.334 e. The summed E-state index contributed by atoms with van der Waals surface area (Å²) in [4.78, 5) is 9.24. The summed E-state index contributed by atoms with van der Waals surface area (Å²) in [7, 11) is 1.99. The summed E-state index contributed by atoms with van der Waals surface area (Å²) in [6.45, 7) is 2.02. The number of aromatic nitrogens is 3. The van der Waals surface area contributed by atoms with Gasteiger partial charge in [0.25, 0.3) is 0 Å². The van der Waals surface area contributed by atoms with Crippen LogP contribution in [0.3, 0.4) is 0 Å². The van der Waals surface area contributed by atoms with Gasteiger partial charge in [0.05, 0.1) is 11.1 Å². The Balaban J connectivity index is 2.31. The quantitative estimate of drug-likeness (QED) is 0.686. The predicted octanol–water partition coefficient (Wildman–Crippen LogP) is 3.71. The highest BCUT2D eigenvalue weighted by Crippen LogP contribution is 2.28. The molecule has 0 radical (unpaired) electrons. The first-order chi connectivity index (χ1) is 8.66. The van der Waals surface area contributed by atoms with Crippen molar-refractivity contribution in [2.24, 2.45) is 7.05 Å². The lowest BCUT2D eigenvalue weighted by Gasteiger charge is -2.04. The molecule has 0 aliphatic heterocycles. The van der Waals surface area contributed by atoms with Gasteiger partial charge in [-0.05, 0) is 22.9 Å². The Kier molecular flexibility index (Phi) is 2.67. The lowest BCUT2D eigenvalue weighted by molar-refractivity contribution is 0.941. The second-order valence-corrected chi connectivity index (χ2v) is 5.14. The van der Waals surface area contributed by atoms with Crippen LogP contribution < -0.4 is 0 Å². The van der Waals surface area contributed by atoms with E-state index in [1.807, 2.05) is 55.1 Å². The molecule has 3 rings (SSSR count). The number of aryl methyl sites for hydroxylation is 2. The van der Waals surface area contributed by atoms with E-state index in [1.165, 1.54) is 0 Å². The van der Waals surface area contributed by atoms with E-state index in [0.717, 1.165) is 32.6 Å². The average Bonchev–Trinajstić information content (AvgIpc) is 2.66. The molecule has 0 N–H and O–H groups in total. The van der Waals surface area contributed by atoms with Crippen molar-refractivity contribution in [2.75, 3.05) is 0 Å². The highest BCUT2D eigenvalue weighted by molar-refractivity contribution is 9.10. The van der Waals surface area contributed by atoms with E-state index in [4.69, 9.17) is 0 Å². The summed E-state index contributed by atoms with van der Waals surface area (Å²) in [5.74, 6) is 0.773. The van der Waals surface area contributed by atoms with E-state index in [2.05, 4.69) is 25.9 Å². The Bertz CT molecular complexity index is 717. The lowest BCUT2D eigenvalue weighted by atomic mass is 10.2. The van der Waals surface area contributed by atoms with Gasteiger partial charge in [-0.1, -0.05) is 30.3 Å². The molecule has 0 saturated heterocycles. The third kappa shape index (κ3) is 1.73. The highest BCUT2D eigenvalue weighted by Gasteiger charge is 2.12. The van der Waals surface area contributed by atoms with Crippen molar-refractivity contribution in [3.63, 3.8) is 0 Å². The lowest BCUT2D eigenvalue weighted by Crippen LogP contribution is -1.96. The second-order valence-electron chi connectivity index (χ2n) is 4.29. The maximum absolute atomic E-state index is 4.65. The Morgan fingerprint density at radius 2 is 1.83 bits per heavy atom. The van der Waals surface area contributed by atoms with Crippen LogP contribution in [-0.2, 0) is 7.05 Å². The topological polar surface area (TPSA) is 30.7 Å². The molecule has 2 heterocycles. The van der Waals surface area contributed by atoms with E-state index in [1.54, 1.807) is 0 Å². The van der Waals surface area contributed by atoms with Gasteiger partial charge in [-0.3, -0.25) is 0 Å². The van der Waals surface area contributed by atoms with Gasteiger partial charge in [-0.25, -0.2) is 9.97 Å². The van der Waals surface area contributed by atoms with E-state index in [0.29, 0.717) is 0 Å². The molecule has 18 heavy (non-hydrogen) atoms. The number of hydrogen-bond acceptors (Lipinski definition) is 2. The van der Waals surface area contributed by atoms with Gasteiger partial charge < -0.3 is 4.57 Å². The maximum atomic E-state index is 4.65. The first-order valence-corrected chi connectivity index (χ1v) is 6.50. The molecule has 3 aromatic rings. The SMILES string of the molecule is Cc1nc(-c2ccccc2)nc2c1c(Br)cn2C. The van der Waals surface area contributed by atoms with Gasteiger partial charge in [0, 0.05) is 23.3 Å². The van der Waals surface area contributed by atoms with Gasteiger partial charge in [0.1, 0.15) is 5.65 Å². The van der Waals surface area contributed by atoms with Crippen molar-refractivity contribution >= 4 is 27.0 Å². The van der Waals surface area contributed by atoms with Crippen LogP contribution in [0.5, 0.6) is 0 Å². The number of benzene rings is 1. The smallest absolute Gasteiger partial charge is 0.161 e. The van der Waals surface area contributed by atoms with Crippen molar-refractivity contribution in [3.8, 4) is 11.4 Å². The predicted molar refractivity (Wildman–Crippen MR) is 76.4 cm³/mol. The number of rotatable bonds is 1. The summed E-state index contributed by atoms with van der Waals surface area (Å²) in [5, 5.41) is 1.08. The van der Waals surface area contributed by atoms with Gasteiger partial charge in [0.2, 0.25) is 0 Å². The molecule has 1 aromatic carbocycles. The standard InChI is InChI=1S/C14H12BrN3/c1-9-12-11(15)8-18(2)14(12)17-13(16-9)10-6-4-3-5-7-10/h3-8H,1-2H3. The minimum absolute atomic E-state index is 0.773. The molecule has 0 aliphatic rings. The van der Waals surface area contributed by atoms with Crippen LogP contribution in [-0.4, -0.2) is 14.5 Å². The van der Waals surface area contributed by atoms with Crippen LogP contribution in [0.25, 0.3) is 22.4 Å². The molecule has 3 nitrogen and oxygen atoms in total. The van der Waals surface area contributed by atoms with Gasteiger partial charge in [0.15, 0.2) is 5.82 Å².